The number of hydrogen-bond acceptors (Lipinski definition) is 5. The van der Waals surface area contributed by atoms with Crippen LogP contribution in [0.1, 0.15) is 38.2 Å². The molecule has 2 heterocycles. The van der Waals surface area contributed by atoms with E-state index in [0.29, 0.717) is 5.16 Å². The molecular formula is C17H23N5OS. The molecule has 1 amide bonds. The van der Waals surface area contributed by atoms with E-state index >= 15 is 0 Å². The van der Waals surface area contributed by atoms with Gasteiger partial charge in [-0.05, 0) is 49.2 Å². The number of rotatable bonds is 4. The summed E-state index contributed by atoms with van der Waals surface area (Å²) in [6, 6.07) is 8.02. The molecule has 1 fully saturated rings. The largest absolute Gasteiger partial charge is 0.342 e. The van der Waals surface area contributed by atoms with Crippen molar-refractivity contribution in [2.24, 2.45) is 0 Å². The first kappa shape index (κ1) is 17.0. The number of thioether (sulfide) groups is 1. The molecule has 1 aliphatic heterocycles. The van der Waals surface area contributed by atoms with Crippen LogP contribution in [-0.2, 0) is 4.79 Å². The standard InChI is InChI=1S/C17H23N5OS/c1-13-7-9-15(10-8-13)22-17(18-19-20-22)24-14(2)16(23)21-11-5-3-4-6-12-21/h7-10,14H,3-6,11-12H2,1-2H3. The molecule has 0 aliphatic carbocycles. The topological polar surface area (TPSA) is 63.9 Å². The highest BCUT2D eigenvalue weighted by Crippen LogP contribution is 2.25. The van der Waals surface area contributed by atoms with Crippen LogP contribution in [0.3, 0.4) is 0 Å². The van der Waals surface area contributed by atoms with Crippen molar-refractivity contribution in [2.45, 2.75) is 49.9 Å². The Morgan fingerprint density at radius 3 is 2.46 bits per heavy atom. The summed E-state index contributed by atoms with van der Waals surface area (Å²) < 4.78 is 1.69. The van der Waals surface area contributed by atoms with Gasteiger partial charge in [0.1, 0.15) is 0 Å². The lowest BCUT2D eigenvalue weighted by Gasteiger charge is -2.23. The molecular weight excluding hydrogens is 322 g/mol. The molecule has 1 aromatic heterocycles. The molecule has 1 aromatic carbocycles. The lowest BCUT2D eigenvalue weighted by atomic mass is 10.2. The van der Waals surface area contributed by atoms with Crippen molar-refractivity contribution in [1.82, 2.24) is 25.1 Å². The molecule has 128 valence electrons. The number of aromatic nitrogens is 4. The van der Waals surface area contributed by atoms with Gasteiger partial charge in [0.25, 0.3) is 0 Å². The van der Waals surface area contributed by atoms with E-state index in [1.54, 1.807) is 4.68 Å². The molecule has 1 aliphatic rings. The summed E-state index contributed by atoms with van der Waals surface area (Å²) in [4.78, 5) is 14.7. The molecule has 3 rings (SSSR count). The SMILES string of the molecule is Cc1ccc(-n2nnnc2SC(C)C(=O)N2CCCCCC2)cc1. The van der Waals surface area contributed by atoms with Gasteiger partial charge in [-0.15, -0.1) is 5.10 Å². The van der Waals surface area contributed by atoms with E-state index in [1.807, 2.05) is 43.0 Å². The third-order valence-electron chi connectivity index (χ3n) is 4.27. The van der Waals surface area contributed by atoms with E-state index in [0.717, 1.165) is 31.6 Å². The third-order valence-corrected chi connectivity index (χ3v) is 5.29. The van der Waals surface area contributed by atoms with Gasteiger partial charge >= 0.3 is 0 Å². The summed E-state index contributed by atoms with van der Waals surface area (Å²) in [7, 11) is 0. The first-order chi connectivity index (χ1) is 11.6. The molecule has 24 heavy (non-hydrogen) atoms. The Labute approximate surface area is 146 Å². The normalized spacial score (nSPS) is 16.7. The molecule has 0 bridgehead atoms. The summed E-state index contributed by atoms with van der Waals surface area (Å²) in [6.45, 7) is 5.71. The van der Waals surface area contributed by atoms with Crippen LogP contribution in [0.4, 0.5) is 0 Å². The highest BCUT2D eigenvalue weighted by molar-refractivity contribution is 8.00. The van der Waals surface area contributed by atoms with Gasteiger partial charge in [-0.2, -0.15) is 4.68 Å². The fraction of sp³-hybridized carbons (Fsp3) is 0.529. The van der Waals surface area contributed by atoms with E-state index in [-0.39, 0.29) is 11.2 Å². The summed E-state index contributed by atoms with van der Waals surface area (Å²) in [5.41, 5.74) is 2.09. The minimum atomic E-state index is -0.196. The van der Waals surface area contributed by atoms with Crippen molar-refractivity contribution < 1.29 is 4.79 Å². The number of hydrogen-bond donors (Lipinski definition) is 0. The Morgan fingerprint density at radius 2 is 1.79 bits per heavy atom. The van der Waals surface area contributed by atoms with Gasteiger partial charge in [0.15, 0.2) is 0 Å². The maximum atomic E-state index is 12.7. The fourth-order valence-corrected chi connectivity index (χ4v) is 3.75. The minimum absolute atomic E-state index is 0.181. The number of aryl methyl sites for hydroxylation is 1. The van der Waals surface area contributed by atoms with Gasteiger partial charge in [0, 0.05) is 13.1 Å². The van der Waals surface area contributed by atoms with Crippen molar-refractivity contribution in [3.8, 4) is 5.69 Å². The van der Waals surface area contributed by atoms with Gasteiger partial charge in [-0.25, -0.2) is 0 Å². The predicted molar refractivity (Wildman–Crippen MR) is 94.3 cm³/mol. The molecule has 2 aromatic rings. The zero-order chi connectivity index (χ0) is 16.9. The highest BCUT2D eigenvalue weighted by Gasteiger charge is 2.24. The van der Waals surface area contributed by atoms with E-state index in [9.17, 15) is 4.79 Å². The smallest absolute Gasteiger partial charge is 0.235 e. The molecule has 1 atom stereocenters. The van der Waals surface area contributed by atoms with Crippen molar-refractivity contribution in [2.75, 3.05) is 13.1 Å². The maximum Gasteiger partial charge on any atom is 0.235 e. The van der Waals surface area contributed by atoms with Gasteiger partial charge < -0.3 is 4.90 Å². The van der Waals surface area contributed by atoms with E-state index in [2.05, 4.69) is 15.5 Å². The second kappa shape index (κ2) is 7.79. The second-order valence-corrected chi connectivity index (χ2v) is 7.52. The van der Waals surface area contributed by atoms with Crippen LogP contribution in [0.5, 0.6) is 0 Å². The quantitative estimate of drug-likeness (QED) is 0.797. The lowest BCUT2D eigenvalue weighted by Crippen LogP contribution is -2.37. The van der Waals surface area contributed by atoms with Crippen molar-refractivity contribution in [3.63, 3.8) is 0 Å². The van der Waals surface area contributed by atoms with Gasteiger partial charge in [-0.1, -0.05) is 42.3 Å². The van der Waals surface area contributed by atoms with Crippen LogP contribution >= 0.6 is 11.8 Å². The Morgan fingerprint density at radius 1 is 1.12 bits per heavy atom. The molecule has 7 heteroatoms. The Balaban J connectivity index is 1.70. The molecule has 1 unspecified atom stereocenters. The number of tetrazole rings is 1. The maximum absolute atomic E-state index is 12.7. The molecule has 0 radical (unpaired) electrons. The van der Waals surface area contributed by atoms with E-state index < -0.39 is 0 Å². The second-order valence-electron chi connectivity index (χ2n) is 6.21. The zero-order valence-electron chi connectivity index (χ0n) is 14.2. The molecule has 1 saturated heterocycles. The fourth-order valence-electron chi connectivity index (χ4n) is 2.86. The van der Waals surface area contributed by atoms with Gasteiger partial charge in [0.2, 0.25) is 11.1 Å². The summed E-state index contributed by atoms with van der Waals surface area (Å²) in [6.07, 6.45) is 4.64. The number of likely N-dealkylation sites (tertiary alicyclic amines) is 1. The Bertz CT molecular complexity index is 677. The number of benzene rings is 1. The molecule has 0 spiro atoms. The average molecular weight is 345 g/mol. The first-order valence-electron chi connectivity index (χ1n) is 8.46. The third kappa shape index (κ3) is 3.95. The van der Waals surface area contributed by atoms with Crippen LogP contribution < -0.4 is 0 Å². The number of nitrogens with zero attached hydrogens (tertiary/aromatic N) is 5. The Kier molecular flexibility index (Phi) is 5.50. The van der Waals surface area contributed by atoms with Gasteiger partial charge in [0.05, 0.1) is 10.9 Å². The van der Waals surface area contributed by atoms with Crippen LogP contribution in [-0.4, -0.2) is 49.4 Å². The van der Waals surface area contributed by atoms with E-state index in [4.69, 9.17) is 0 Å². The van der Waals surface area contributed by atoms with Crippen LogP contribution in [0.25, 0.3) is 5.69 Å². The summed E-state index contributed by atoms with van der Waals surface area (Å²) in [5, 5.41) is 12.4. The molecule has 0 N–H and O–H groups in total. The number of amides is 1. The monoisotopic (exact) mass is 345 g/mol. The number of carbonyl (C=O) groups is 1. The zero-order valence-corrected chi connectivity index (χ0v) is 15.0. The van der Waals surface area contributed by atoms with Gasteiger partial charge in [-0.3, -0.25) is 4.79 Å². The molecule has 6 nitrogen and oxygen atoms in total. The van der Waals surface area contributed by atoms with Crippen molar-refractivity contribution in [3.05, 3.63) is 29.8 Å². The lowest BCUT2D eigenvalue weighted by molar-refractivity contribution is -0.130. The van der Waals surface area contributed by atoms with Crippen molar-refractivity contribution >= 4 is 17.7 Å². The van der Waals surface area contributed by atoms with Crippen LogP contribution in [0.2, 0.25) is 0 Å². The summed E-state index contributed by atoms with van der Waals surface area (Å²) in [5.74, 6) is 0.181. The van der Waals surface area contributed by atoms with Crippen LogP contribution in [0.15, 0.2) is 29.4 Å². The first-order valence-corrected chi connectivity index (χ1v) is 9.34. The van der Waals surface area contributed by atoms with Crippen molar-refractivity contribution in [1.29, 1.82) is 0 Å². The molecule has 0 saturated carbocycles. The van der Waals surface area contributed by atoms with E-state index in [1.165, 1.54) is 30.2 Å². The summed E-state index contributed by atoms with van der Waals surface area (Å²) >= 11 is 1.42. The highest BCUT2D eigenvalue weighted by atomic mass is 32.2. The average Bonchev–Trinajstić information content (AvgIpc) is 2.87. The number of carbonyl (C=O) groups excluding carboxylic acids is 1. The minimum Gasteiger partial charge on any atom is -0.342 e. The van der Waals surface area contributed by atoms with Crippen LogP contribution in [0, 0.1) is 6.92 Å². The predicted octanol–water partition coefficient (Wildman–Crippen LogP) is 2.85. The Hall–Kier alpha value is -1.89.